The van der Waals surface area contributed by atoms with Crippen molar-refractivity contribution in [2.24, 2.45) is 0 Å². The van der Waals surface area contributed by atoms with Gasteiger partial charge in [-0.15, -0.1) is 0 Å². The second-order valence-corrected chi connectivity index (χ2v) is 3.99. The summed E-state index contributed by atoms with van der Waals surface area (Å²) >= 11 is 2.13. The fourth-order valence-electron chi connectivity index (χ4n) is 1.08. The first kappa shape index (κ1) is 10.5. The predicted octanol–water partition coefficient (Wildman–Crippen LogP) is 1.72. The number of carbonyl (C=O) groups is 1. The summed E-state index contributed by atoms with van der Waals surface area (Å²) in [6.07, 6.45) is -1.42. The van der Waals surface area contributed by atoms with Crippen LogP contribution in [0.25, 0.3) is 0 Å². The average Bonchev–Trinajstić information content (AvgIpc) is 2.03. The molecule has 0 amide bonds. The van der Waals surface area contributed by atoms with E-state index in [9.17, 15) is 9.90 Å². The molecule has 0 spiro atoms. The molecule has 0 aliphatic heterocycles. The molecular weight excluding hydrogens is 283 g/mol. The van der Waals surface area contributed by atoms with Crippen molar-refractivity contribution in [3.05, 3.63) is 32.9 Å². The maximum atomic E-state index is 10.5. The zero-order valence-corrected chi connectivity index (χ0v) is 9.15. The molecule has 13 heavy (non-hydrogen) atoms. The number of aliphatic carboxylic acids is 1. The Morgan fingerprint density at radius 2 is 2.15 bits per heavy atom. The second-order valence-electron chi connectivity index (χ2n) is 2.74. The molecule has 2 N–H and O–H groups in total. The minimum Gasteiger partial charge on any atom is -0.479 e. The first-order valence-corrected chi connectivity index (χ1v) is 4.77. The van der Waals surface area contributed by atoms with E-state index in [1.165, 1.54) is 0 Å². The molecule has 1 unspecified atom stereocenters. The highest BCUT2D eigenvalue weighted by molar-refractivity contribution is 14.1. The summed E-state index contributed by atoms with van der Waals surface area (Å²) in [5.74, 6) is -1.22. The number of rotatable bonds is 2. The van der Waals surface area contributed by atoms with Crippen LogP contribution in [0.5, 0.6) is 0 Å². The van der Waals surface area contributed by atoms with Gasteiger partial charge in [0.2, 0.25) is 0 Å². The van der Waals surface area contributed by atoms with Crippen molar-refractivity contribution < 1.29 is 15.0 Å². The zero-order valence-electron chi connectivity index (χ0n) is 6.99. The van der Waals surface area contributed by atoms with Crippen LogP contribution < -0.4 is 0 Å². The van der Waals surface area contributed by atoms with Crippen LogP contribution >= 0.6 is 22.6 Å². The van der Waals surface area contributed by atoms with E-state index in [1.807, 2.05) is 6.07 Å². The fraction of sp³-hybridized carbons (Fsp3) is 0.222. The van der Waals surface area contributed by atoms with Crippen molar-refractivity contribution in [1.82, 2.24) is 0 Å². The van der Waals surface area contributed by atoms with Gasteiger partial charge in [-0.3, -0.25) is 0 Å². The van der Waals surface area contributed by atoms with Crippen LogP contribution in [-0.2, 0) is 4.79 Å². The van der Waals surface area contributed by atoms with E-state index in [2.05, 4.69) is 22.6 Å². The third-order valence-electron chi connectivity index (χ3n) is 1.76. The van der Waals surface area contributed by atoms with Crippen LogP contribution in [0.2, 0.25) is 0 Å². The number of carboxylic acids is 1. The average molecular weight is 292 g/mol. The number of hydrogen-bond acceptors (Lipinski definition) is 2. The second kappa shape index (κ2) is 4.06. The van der Waals surface area contributed by atoms with Crippen LogP contribution in [0.3, 0.4) is 0 Å². The van der Waals surface area contributed by atoms with Gasteiger partial charge in [0.1, 0.15) is 0 Å². The Morgan fingerprint density at radius 1 is 1.54 bits per heavy atom. The normalized spacial score (nSPS) is 12.5. The molecule has 3 nitrogen and oxygen atoms in total. The highest BCUT2D eigenvalue weighted by Gasteiger charge is 2.17. The van der Waals surface area contributed by atoms with Crippen LogP contribution in [0.4, 0.5) is 0 Å². The summed E-state index contributed by atoms with van der Waals surface area (Å²) in [6.45, 7) is 1.78. The number of hydrogen-bond donors (Lipinski definition) is 2. The molecule has 0 aliphatic carbocycles. The molecule has 0 radical (unpaired) electrons. The molecular formula is C9H9IO3. The Hall–Kier alpha value is -0.620. The van der Waals surface area contributed by atoms with Crippen LogP contribution in [0, 0.1) is 10.5 Å². The monoisotopic (exact) mass is 292 g/mol. The molecule has 1 aromatic carbocycles. The first-order valence-electron chi connectivity index (χ1n) is 3.69. The molecule has 0 aliphatic rings. The van der Waals surface area contributed by atoms with Crippen molar-refractivity contribution in [1.29, 1.82) is 0 Å². The Bertz CT molecular complexity index is 336. The van der Waals surface area contributed by atoms with Crippen molar-refractivity contribution in [2.45, 2.75) is 13.0 Å². The highest BCUT2D eigenvalue weighted by Crippen LogP contribution is 2.19. The molecule has 4 heteroatoms. The highest BCUT2D eigenvalue weighted by atomic mass is 127. The molecule has 1 rings (SSSR count). The lowest BCUT2D eigenvalue weighted by Gasteiger charge is -2.09. The number of aryl methyl sites for hydroxylation is 1. The van der Waals surface area contributed by atoms with Gasteiger partial charge in [0.15, 0.2) is 6.10 Å². The Balaban J connectivity index is 3.08. The van der Waals surface area contributed by atoms with Gasteiger partial charge in [-0.05, 0) is 52.8 Å². The lowest BCUT2D eigenvalue weighted by Crippen LogP contribution is -2.11. The number of aliphatic hydroxyl groups is 1. The van der Waals surface area contributed by atoms with Gasteiger partial charge in [-0.25, -0.2) is 4.79 Å². The van der Waals surface area contributed by atoms with Gasteiger partial charge in [0.05, 0.1) is 0 Å². The van der Waals surface area contributed by atoms with Crippen molar-refractivity contribution in [3.63, 3.8) is 0 Å². The predicted molar refractivity (Wildman–Crippen MR) is 56.5 cm³/mol. The number of halogens is 1. The van der Waals surface area contributed by atoms with E-state index in [1.54, 1.807) is 19.1 Å². The molecule has 0 heterocycles. The molecule has 0 saturated carbocycles. The van der Waals surface area contributed by atoms with Crippen molar-refractivity contribution in [2.75, 3.05) is 0 Å². The Kier molecular flexibility index (Phi) is 3.27. The van der Waals surface area contributed by atoms with Gasteiger partial charge in [0, 0.05) is 3.57 Å². The summed E-state index contributed by atoms with van der Waals surface area (Å²) in [6, 6.07) is 5.24. The van der Waals surface area contributed by atoms with Gasteiger partial charge in [-0.2, -0.15) is 0 Å². The Labute approximate surface area is 89.5 Å². The van der Waals surface area contributed by atoms with Gasteiger partial charge >= 0.3 is 5.97 Å². The smallest absolute Gasteiger partial charge is 0.337 e. The number of benzene rings is 1. The van der Waals surface area contributed by atoms with Crippen molar-refractivity contribution >= 4 is 28.6 Å². The van der Waals surface area contributed by atoms with E-state index >= 15 is 0 Å². The SMILES string of the molecule is Cc1cc(I)ccc1C(O)C(=O)O. The molecule has 1 atom stereocenters. The summed E-state index contributed by atoms with van der Waals surface area (Å²) in [5, 5.41) is 17.8. The zero-order chi connectivity index (χ0) is 10.0. The van der Waals surface area contributed by atoms with Crippen molar-refractivity contribution in [3.8, 4) is 0 Å². The summed E-state index contributed by atoms with van der Waals surface area (Å²) in [4.78, 5) is 10.5. The van der Waals surface area contributed by atoms with E-state index in [4.69, 9.17) is 5.11 Å². The molecule has 70 valence electrons. The van der Waals surface area contributed by atoms with Crippen LogP contribution in [0.15, 0.2) is 18.2 Å². The summed E-state index contributed by atoms with van der Waals surface area (Å²) in [5.41, 5.74) is 1.25. The van der Waals surface area contributed by atoms with E-state index in [-0.39, 0.29) is 0 Å². The van der Waals surface area contributed by atoms with Gasteiger partial charge < -0.3 is 10.2 Å². The minimum atomic E-state index is -1.42. The number of carboxylic acid groups (broad SMARTS) is 1. The lowest BCUT2D eigenvalue weighted by atomic mass is 10.0. The molecule has 0 aromatic heterocycles. The summed E-state index contributed by atoms with van der Waals surface area (Å²) in [7, 11) is 0. The minimum absolute atomic E-state index is 0.452. The van der Waals surface area contributed by atoms with E-state index < -0.39 is 12.1 Å². The molecule has 0 bridgehead atoms. The maximum Gasteiger partial charge on any atom is 0.337 e. The van der Waals surface area contributed by atoms with Gasteiger partial charge in [0.25, 0.3) is 0 Å². The fourth-order valence-corrected chi connectivity index (χ4v) is 1.73. The first-order chi connectivity index (χ1) is 6.02. The van der Waals surface area contributed by atoms with Gasteiger partial charge in [-0.1, -0.05) is 6.07 Å². The maximum absolute atomic E-state index is 10.5. The molecule has 0 saturated heterocycles. The van der Waals surface area contributed by atoms with E-state index in [0.29, 0.717) is 5.56 Å². The van der Waals surface area contributed by atoms with Crippen LogP contribution in [-0.4, -0.2) is 16.2 Å². The van der Waals surface area contributed by atoms with Crippen LogP contribution in [0.1, 0.15) is 17.2 Å². The third kappa shape index (κ3) is 2.41. The quantitative estimate of drug-likeness (QED) is 0.816. The molecule has 0 fully saturated rings. The van der Waals surface area contributed by atoms with E-state index in [0.717, 1.165) is 9.13 Å². The topological polar surface area (TPSA) is 57.5 Å². The third-order valence-corrected chi connectivity index (χ3v) is 2.43. The Morgan fingerprint density at radius 3 is 2.62 bits per heavy atom. The summed E-state index contributed by atoms with van der Waals surface area (Å²) < 4.78 is 1.02. The number of aliphatic hydroxyl groups excluding tert-OH is 1. The lowest BCUT2D eigenvalue weighted by molar-refractivity contribution is -0.147. The standard InChI is InChI=1S/C9H9IO3/c1-5-4-6(10)2-3-7(5)8(11)9(12)13/h2-4,8,11H,1H3,(H,12,13). The molecule has 1 aromatic rings. The largest absolute Gasteiger partial charge is 0.479 e.